The maximum absolute atomic E-state index is 12.5. The molecule has 0 radical (unpaired) electrons. The van der Waals surface area contributed by atoms with Gasteiger partial charge in [0, 0.05) is 34.8 Å². The van der Waals surface area contributed by atoms with E-state index in [-0.39, 0.29) is 16.8 Å². The molecule has 3 aromatic heterocycles. The highest BCUT2D eigenvalue weighted by molar-refractivity contribution is 7.15. The summed E-state index contributed by atoms with van der Waals surface area (Å²) in [6.45, 7) is 1.83. The Morgan fingerprint density at radius 3 is 3.04 bits per heavy atom. The van der Waals surface area contributed by atoms with E-state index in [4.69, 9.17) is 16.0 Å². The second kappa shape index (κ2) is 5.47. The lowest BCUT2D eigenvalue weighted by Crippen LogP contribution is -2.14. The Hall–Kier alpha value is -2.64. The first kappa shape index (κ1) is 14.9. The van der Waals surface area contributed by atoms with E-state index in [1.807, 2.05) is 12.3 Å². The van der Waals surface area contributed by atoms with E-state index in [0.717, 1.165) is 10.9 Å². The monoisotopic (exact) mass is 359 g/mol. The van der Waals surface area contributed by atoms with Crippen LogP contribution in [0.4, 0.5) is 5.69 Å². The highest BCUT2D eigenvalue weighted by Gasteiger charge is 2.19. The first-order valence-corrected chi connectivity index (χ1v) is 8.25. The summed E-state index contributed by atoms with van der Waals surface area (Å²) in [6.07, 6.45) is 1.73. The number of amides is 1. The number of rotatable bonds is 2. The van der Waals surface area contributed by atoms with Crippen LogP contribution in [0.15, 0.2) is 45.1 Å². The molecule has 1 N–H and O–H groups in total. The number of imidazole rings is 1. The number of aromatic nitrogens is 2. The molecular formula is C16H10ClN3O3S. The molecule has 1 amide bonds. The molecule has 4 rings (SSSR count). The molecule has 1 aromatic carbocycles. The number of aryl methyl sites for hydroxylation is 1. The second-order valence-corrected chi connectivity index (χ2v) is 6.45. The van der Waals surface area contributed by atoms with E-state index in [1.54, 1.807) is 28.8 Å². The fraction of sp³-hybridized carbons (Fsp3) is 0.0625. The first-order valence-electron chi connectivity index (χ1n) is 7.00. The lowest BCUT2D eigenvalue weighted by atomic mass is 10.1. The minimum Gasteiger partial charge on any atom is -0.423 e. The summed E-state index contributed by atoms with van der Waals surface area (Å²) in [5.41, 5.74) is 1.57. The molecule has 0 fully saturated rings. The quantitative estimate of drug-likeness (QED) is 0.553. The molecule has 0 saturated heterocycles. The Kier molecular flexibility index (Phi) is 3.40. The van der Waals surface area contributed by atoms with Crippen LogP contribution < -0.4 is 10.9 Å². The van der Waals surface area contributed by atoms with Gasteiger partial charge in [0.05, 0.1) is 0 Å². The number of fused-ring (bicyclic) bond motifs is 2. The fourth-order valence-corrected chi connectivity index (χ4v) is 3.58. The van der Waals surface area contributed by atoms with Gasteiger partial charge in [-0.05, 0) is 24.6 Å². The van der Waals surface area contributed by atoms with Gasteiger partial charge in [0.2, 0.25) is 0 Å². The van der Waals surface area contributed by atoms with E-state index in [0.29, 0.717) is 16.2 Å². The molecule has 0 aliphatic heterocycles. The van der Waals surface area contributed by atoms with Crippen molar-refractivity contribution >= 4 is 50.5 Å². The van der Waals surface area contributed by atoms with Crippen molar-refractivity contribution < 1.29 is 9.21 Å². The van der Waals surface area contributed by atoms with E-state index < -0.39 is 5.63 Å². The van der Waals surface area contributed by atoms with Crippen LogP contribution in [0.3, 0.4) is 0 Å². The largest absolute Gasteiger partial charge is 0.423 e. The van der Waals surface area contributed by atoms with Gasteiger partial charge in [0.25, 0.3) is 5.91 Å². The van der Waals surface area contributed by atoms with Gasteiger partial charge in [0.1, 0.15) is 5.58 Å². The maximum Gasteiger partial charge on any atom is 0.336 e. The number of thiazole rings is 1. The number of carbonyl (C=O) groups is 1. The van der Waals surface area contributed by atoms with E-state index >= 15 is 0 Å². The third-order valence-electron chi connectivity index (χ3n) is 3.64. The van der Waals surface area contributed by atoms with Gasteiger partial charge in [-0.3, -0.25) is 9.20 Å². The van der Waals surface area contributed by atoms with Crippen LogP contribution in [0.1, 0.15) is 16.1 Å². The Morgan fingerprint density at radius 1 is 1.38 bits per heavy atom. The van der Waals surface area contributed by atoms with Gasteiger partial charge < -0.3 is 9.73 Å². The highest BCUT2D eigenvalue weighted by Crippen LogP contribution is 2.24. The highest BCUT2D eigenvalue weighted by atomic mass is 35.5. The summed E-state index contributed by atoms with van der Waals surface area (Å²) in [7, 11) is 0. The zero-order valence-electron chi connectivity index (χ0n) is 12.4. The summed E-state index contributed by atoms with van der Waals surface area (Å²) < 4.78 is 6.82. The van der Waals surface area contributed by atoms with Crippen LogP contribution >= 0.6 is 22.9 Å². The van der Waals surface area contributed by atoms with Crippen molar-refractivity contribution in [1.82, 2.24) is 9.38 Å². The second-order valence-electron chi connectivity index (χ2n) is 5.22. The number of halogens is 1. The van der Waals surface area contributed by atoms with Crippen molar-refractivity contribution in [3.8, 4) is 0 Å². The number of nitrogens with one attached hydrogen (secondary N) is 1. The van der Waals surface area contributed by atoms with E-state index in [2.05, 4.69) is 10.3 Å². The van der Waals surface area contributed by atoms with Crippen molar-refractivity contribution in [2.45, 2.75) is 6.92 Å². The summed E-state index contributed by atoms with van der Waals surface area (Å²) in [5.74, 6) is -0.389. The van der Waals surface area contributed by atoms with Gasteiger partial charge >= 0.3 is 5.63 Å². The molecule has 8 heteroatoms. The standard InChI is InChI=1S/C16H10ClN3O3S/c1-8-6-12(21)23-11-7-9(2-3-10(8)11)18-15(22)13-14(17)19-16-20(13)4-5-24-16/h2-7H,1H3,(H,18,22). The van der Waals surface area contributed by atoms with Gasteiger partial charge in [-0.2, -0.15) is 0 Å². The lowest BCUT2D eigenvalue weighted by molar-refractivity contribution is 0.102. The molecule has 120 valence electrons. The minimum atomic E-state index is -0.428. The van der Waals surface area contributed by atoms with Crippen molar-refractivity contribution in [2.75, 3.05) is 5.32 Å². The molecule has 24 heavy (non-hydrogen) atoms. The predicted octanol–water partition coefficient (Wildman–Crippen LogP) is 3.72. The van der Waals surface area contributed by atoms with Crippen molar-refractivity contribution in [3.63, 3.8) is 0 Å². The van der Waals surface area contributed by atoms with Gasteiger partial charge in [-0.15, -0.1) is 11.3 Å². The molecule has 0 aliphatic rings. The summed E-state index contributed by atoms with van der Waals surface area (Å²) in [6, 6.07) is 6.58. The molecule has 0 aliphatic carbocycles. The number of nitrogens with zero attached hydrogens (tertiary/aromatic N) is 2. The zero-order valence-corrected chi connectivity index (χ0v) is 13.9. The third-order valence-corrected chi connectivity index (χ3v) is 4.66. The third kappa shape index (κ3) is 2.38. The van der Waals surface area contributed by atoms with Crippen LogP contribution in [-0.2, 0) is 0 Å². The molecule has 4 aromatic rings. The lowest BCUT2D eigenvalue weighted by Gasteiger charge is -2.07. The van der Waals surface area contributed by atoms with Crippen molar-refractivity contribution in [1.29, 1.82) is 0 Å². The molecule has 0 atom stereocenters. The van der Waals surface area contributed by atoms with Crippen LogP contribution in [0.5, 0.6) is 0 Å². The Labute approximate surface area is 144 Å². The molecule has 0 spiro atoms. The number of hydrogen-bond acceptors (Lipinski definition) is 5. The first-order chi connectivity index (χ1) is 11.5. The van der Waals surface area contributed by atoms with E-state index in [1.165, 1.54) is 17.4 Å². The normalized spacial score (nSPS) is 11.2. The van der Waals surface area contributed by atoms with E-state index in [9.17, 15) is 9.59 Å². The van der Waals surface area contributed by atoms with Gasteiger partial charge in [-0.1, -0.05) is 11.6 Å². The predicted molar refractivity (Wildman–Crippen MR) is 93.3 cm³/mol. The molecular weight excluding hydrogens is 350 g/mol. The molecule has 0 saturated carbocycles. The number of benzene rings is 1. The van der Waals surface area contributed by atoms with Gasteiger partial charge in [0.15, 0.2) is 15.8 Å². The van der Waals surface area contributed by atoms with Crippen LogP contribution in [-0.4, -0.2) is 15.3 Å². The zero-order chi connectivity index (χ0) is 16.8. The molecule has 3 heterocycles. The fourth-order valence-electron chi connectivity index (χ4n) is 2.56. The van der Waals surface area contributed by atoms with Crippen LogP contribution in [0.25, 0.3) is 15.9 Å². The summed E-state index contributed by atoms with van der Waals surface area (Å²) >= 11 is 7.45. The summed E-state index contributed by atoms with van der Waals surface area (Å²) in [4.78, 5) is 28.8. The summed E-state index contributed by atoms with van der Waals surface area (Å²) in [5, 5.41) is 5.54. The average molecular weight is 360 g/mol. The smallest absolute Gasteiger partial charge is 0.336 e. The van der Waals surface area contributed by atoms with Crippen LogP contribution in [0.2, 0.25) is 5.15 Å². The number of carbonyl (C=O) groups excluding carboxylic acids is 1. The van der Waals surface area contributed by atoms with Crippen molar-refractivity contribution in [3.05, 3.63) is 62.7 Å². The molecule has 6 nitrogen and oxygen atoms in total. The Morgan fingerprint density at radius 2 is 2.21 bits per heavy atom. The molecule has 0 unspecified atom stereocenters. The minimum absolute atomic E-state index is 0.141. The SMILES string of the molecule is Cc1cc(=O)oc2cc(NC(=O)c3c(Cl)nc4sccn34)ccc12. The van der Waals surface area contributed by atoms with Crippen LogP contribution in [0, 0.1) is 6.92 Å². The average Bonchev–Trinajstić information content (AvgIpc) is 3.06. The van der Waals surface area contributed by atoms with Gasteiger partial charge in [-0.25, -0.2) is 9.78 Å². The molecule has 0 bridgehead atoms. The number of anilines is 1. The van der Waals surface area contributed by atoms with Crippen molar-refractivity contribution in [2.24, 2.45) is 0 Å². The number of hydrogen-bond donors (Lipinski definition) is 1. The topological polar surface area (TPSA) is 76.6 Å². The Bertz CT molecular complexity index is 1160. The maximum atomic E-state index is 12.5. The Balaban J connectivity index is 1.73.